The lowest BCUT2D eigenvalue weighted by Crippen LogP contribution is -2.22. The molecule has 0 saturated heterocycles. The highest BCUT2D eigenvalue weighted by atomic mass is 79.9. The highest BCUT2D eigenvalue weighted by Gasteiger charge is 2.18. The molecule has 1 atom stereocenters. The third-order valence-electron chi connectivity index (χ3n) is 3.54. The van der Waals surface area contributed by atoms with Crippen LogP contribution in [0.25, 0.3) is 0 Å². The molecular weight excluding hydrogens is 297 g/mol. The predicted octanol–water partition coefficient (Wildman–Crippen LogP) is 3.94. The maximum atomic E-state index is 13.3. The largest absolute Gasteiger partial charge is 0.391 e. The minimum atomic E-state index is -0.347. The first-order valence-corrected chi connectivity index (χ1v) is 7.31. The molecule has 4 heteroatoms. The number of halogens is 2. The van der Waals surface area contributed by atoms with Gasteiger partial charge in [-0.1, -0.05) is 25.7 Å². The molecule has 1 fully saturated rings. The Morgan fingerprint density at radius 2 is 2.11 bits per heavy atom. The van der Waals surface area contributed by atoms with Gasteiger partial charge in [0.15, 0.2) is 0 Å². The number of hydrogen-bond donors (Lipinski definition) is 2. The van der Waals surface area contributed by atoms with Crippen molar-refractivity contribution in [2.24, 2.45) is 5.92 Å². The number of hydrogen-bond acceptors (Lipinski definition) is 2. The molecule has 0 heterocycles. The van der Waals surface area contributed by atoms with Gasteiger partial charge in [-0.05, 0) is 46.5 Å². The zero-order valence-electron chi connectivity index (χ0n) is 10.3. The fourth-order valence-corrected chi connectivity index (χ4v) is 2.80. The Hall–Kier alpha value is -0.610. The number of benzene rings is 1. The molecule has 1 aliphatic rings. The molecule has 0 bridgehead atoms. The third kappa shape index (κ3) is 3.95. The fraction of sp³-hybridized carbons (Fsp3) is 0.571. The second-order valence-electron chi connectivity index (χ2n) is 5.05. The predicted molar refractivity (Wildman–Crippen MR) is 75.2 cm³/mol. The molecule has 1 unspecified atom stereocenters. The lowest BCUT2D eigenvalue weighted by Gasteiger charge is -2.16. The Morgan fingerprint density at radius 1 is 1.39 bits per heavy atom. The Morgan fingerprint density at radius 3 is 2.78 bits per heavy atom. The van der Waals surface area contributed by atoms with E-state index >= 15 is 0 Å². The van der Waals surface area contributed by atoms with Gasteiger partial charge >= 0.3 is 0 Å². The van der Waals surface area contributed by atoms with E-state index in [2.05, 4.69) is 21.2 Å². The molecule has 1 saturated carbocycles. The summed E-state index contributed by atoms with van der Waals surface area (Å²) in [5, 5.41) is 13.0. The van der Waals surface area contributed by atoms with E-state index in [0.29, 0.717) is 22.6 Å². The van der Waals surface area contributed by atoms with Gasteiger partial charge in [0.2, 0.25) is 0 Å². The van der Waals surface area contributed by atoms with Crippen LogP contribution in [0.2, 0.25) is 0 Å². The highest BCUT2D eigenvalue weighted by Crippen LogP contribution is 2.28. The Labute approximate surface area is 116 Å². The van der Waals surface area contributed by atoms with Gasteiger partial charge < -0.3 is 10.4 Å². The SMILES string of the molecule is OC(CNc1ccc(Br)c(F)c1)CC1CCCC1. The van der Waals surface area contributed by atoms with Gasteiger partial charge in [0, 0.05) is 12.2 Å². The molecule has 0 spiro atoms. The number of anilines is 1. The molecule has 1 aliphatic carbocycles. The average molecular weight is 316 g/mol. The van der Waals surface area contributed by atoms with Crippen LogP contribution in [0.15, 0.2) is 22.7 Å². The molecule has 1 aromatic carbocycles. The van der Waals surface area contributed by atoms with Gasteiger partial charge in [-0.25, -0.2) is 4.39 Å². The molecule has 0 radical (unpaired) electrons. The molecule has 0 amide bonds. The molecule has 0 aliphatic heterocycles. The summed E-state index contributed by atoms with van der Waals surface area (Å²) in [4.78, 5) is 0. The maximum Gasteiger partial charge on any atom is 0.139 e. The van der Waals surface area contributed by atoms with Gasteiger partial charge in [-0.15, -0.1) is 0 Å². The Balaban J connectivity index is 1.77. The van der Waals surface area contributed by atoms with E-state index in [1.807, 2.05) is 0 Å². The van der Waals surface area contributed by atoms with Gasteiger partial charge in [0.25, 0.3) is 0 Å². The minimum Gasteiger partial charge on any atom is -0.391 e. The van der Waals surface area contributed by atoms with Crippen molar-refractivity contribution in [1.82, 2.24) is 0 Å². The lowest BCUT2D eigenvalue weighted by atomic mass is 10.00. The first kappa shape index (κ1) is 13.8. The van der Waals surface area contributed by atoms with Crippen LogP contribution in [-0.4, -0.2) is 17.8 Å². The quantitative estimate of drug-likeness (QED) is 0.862. The number of nitrogens with one attached hydrogen (secondary N) is 1. The molecule has 2 N–H and O–H groups in total. The molecule has 100 valence electrons. The van der Waals surface area contributed by atoms with Crippen molar-refractivity contribution in [3.63, 3.8) is 0 Å². The normalized spacial score (nSPS) is 17.9. The van der Waals surface area contributed by atoms with Crippen molar-refractivity contribution in [1.29, 1.82) is 0 Å². The van der Waals surface area contributed by atoms with Crippen LogP contribution in [0, 0.1) is 11.7 Å². The van der Waals surface area contributed by atoms with E-state index in [0.717, 1.165) is 6.42 Å². The van der Waals surface area contributed by atoms with E-state index in [4.69, 9.17) is 0 Å². The van der Waals surface area contributed by atoms with Crippen LogP contribution in [0.5, 0.6) is 0 Å². The topological polar surface area (TPSA) is 32.3 Å². The molecule has 2 rings (SSSR count). The highest BCUT2D eigenvalue weighted by molar-refractivity contribution is 9.10. The third-order valence-corrected chi connectivity index (χ3v) is 4.18. The Kier molecular flexibility index (Phi) is 5.01. The van der Waals surface area contributed by atoms with Crippen molar-refractivity contribution < 1.29 is 9.50 Å². The molecular formula is C14H19BrFNO. The van der Waals surface area contributed by atoms with Crippen LogP contribution in [0.4, 0.5) is 10.1 Å². The van der Waals surface area contributed by atoms with Gasteiger partial charge in [-0.3, -0.25) is 0 Å². The van der Waals surface area contributed by atoms with Crippen LogP contribution in [0.3, 0.4) is 0 Å². The zero-order valence-corrected chi connectivity index (χ0v) is 11.9. The fourth-order valence-electron chi connectivity index (χ4n) is 2.56. The summed E-state index contributed by atoms with van der Waals surface area (Å²) in [6.45, 7) is 0.484. The maximum absolute atomic E-state index is 13.3. The minimum absolute atomic E-state index is 0.287. The van der Waals surface area contributed by atoms with Crippen molar-refractivity contribution in [2.45, 2.75) is 38.2 Å². The van der Waals surface area contributed by atoms with Gasteiger partial charge in [0.05, 0.1) is 10.6 Å². The monoisotopic (exact) mass is 315 g/mol. The molecule has 18 heavy (non-hydrogen) atoms. The smallest absolute Gasteiger partial charge is 0.139 e. The Bertz CT molecular complexity index is 393. The number of aliphatic hydroxyl groups is 1. The van der Waals surface area contributed by atoms with E-state index < -0.39 is 0 Å². The van der Waals surface area contributed by atoms with Crippen LogP contribution in [-0.2, 0) is 0 Å². The molecule has 2 nitrogen and oxygen atoms in total. The van der Waals surface area contributed by atoms with Crippen molar-refractivity contribution in [2.75, 3.05) is 11.9 Å². The van der Waals surface area contributed by atoms with Crippen molar-refractivity contribution >= 4 is 21.6 Å². The van der Waals surface area contributed by atoms with E-state index in [1.165, 1.54) is 31.7 Å². The van der Waals surface area contributed by atoms with Crippen LogP contribution < -0.4 is 5.32 Å². The lowest BCUT2D eigenvalue weighted by molar-refractivity contribution is 0.155. The first-order valence-electron chi connectivity index (χ1n) is 6.52. The standard InChI is InChI=1S/C14H19BrFNO/c15-13-6-5-11(8-14(13)16)17-9-12(18)7-10-3-1-2-4-10/h5-6,8,10,12,17-18H,1-4,7,9H2. The van der Waals surface area contributed by atoms with Gasteiger partial charge in [-0.2, -0.15) is 0 Å². The summed E-state index contributed by atoms with van der Waals surface area (Å²) >= 11 is 3.12. The molecule has 0 aromatic heterocycles. The van der Waals surface area contributed by atoms with Crippen molar-refractivity contribution in [3.8, 4) is 0 Å². The van der Waals surface area contributed by atoms with Crippen molar-refractivity contribution in [3.05, 3.63) is 28.5 Å². The summed E-state index contributed by atoms with van der Waals surface area (Å²) < 4.78 is 13.7. The average Bonchev–Trinajstić information content (AvgIpc) is 2.83. The van der Waals surface area contributed by atoms with E-state index in [-0.39, 0.29) is 11.9 Å². The number of rotatable bonds is 5. The summed E-state index contributed by atoms with van der Waals surface area (Å²) in [6.07, 6.45) is 5.57. The second-order valence-corrected chi connectivity index (χ2v) is 5.90. The second kappa shape index (κ2) is 6.53. The molecule has 1 aromatic rings. The summed E-state index contributed by atoms with van der Waals surface area (Å²) in [5.41, 5.74) is 0.709. The van der Waals surface area contributed by atoms with Crippen LogP contribution >= 0.6 is 15.9 Å². The summed E-state index contributed by atoms with van der Waals surface area (Å²) in [5.74, 6) is 0.383. The van der Waals surface area contributed by atoms with E-state index in [9.17, 15) is 9.50 Å². The number of aliphatic hydroxyl groups excluding tert-OH is 1. The summed E-state index contributed by atoms with van der Waals surface area (Å²) in [6, 6.07) is 4.91. The van der Waals surface area contributed by atoms with Crippen LogP contribution in [0.1, 0.15) is 32.1 Å². The summed E-state index contributed by atoms with van der Waals surface area (Å²) in [7, 11) is 0. The van der Waals surface area contributed by atoms with E-state index in [1.54, 1.807) is 12.1 Å². The van der Waals surface area contributed by atoms with Gasteiger partial charge in [0.1, 0.15) is 5.82 Å². The zero-order chi connectivity index (χ0) is 13.0. The first-order chi connectivity index (χ1) is 8.65.